The Morgan fingerprint density at radius 3 is 2.71 bits per heavy atom. The molecule has 0 bridgehead atoms. The van der Waals surface area contributed by atoms with Crippen molar-refractivity contribution >= 4 is 28.2 Å². The summed E-state index contributed by atoms with van der Waals surface area (Å²) in [4.78, 5) is 27.6. The van der Waals surface area contributed by atoms with Crippen LogP contribution in [0, 0.1) is 6.92 Å². The number of aryl methyl sites for hydroxylation is 2. The van der Waals surface area contributed by atoms with Crippen LogP contribution in [0.5, 0.6) is 0 Å². The average Bonchev–Trinajstić information content (AvgIpc) is 2.99. The summed E-state index contributed by atoms with van der Waals surface area (Å²) in [5, 5.41) is 7.85. The van der Waals surface area contributed by atoms with E-state index in [4.69, 9.17) is 0 Å². The minimum Gasteiger partial charge on any atom is -0.464 e. The standard InChI is InChI=1S/C13H16N4O3S/c1-7-9(6-17(3)16-7)5-14-13-15-10(12(19)20-4)11(21-13)8(2)18/h6H,5H2,1-4H3,(H,14,15). The first-order valence-corrected chi connectivity index (χ1v) is 7.07. The fourth-order valence-corrected chi connectivity index (χ4v) is 2.71. The minimum absolute atomic E-state index is 0.0559. The van der Waals surface area contributed by atoms with E-state index in [0.29, 0.717) is 16.6 Å². The number of nitrogens with zero attached hydrogens (tertiary/aromatic N) is 3. The molecule has 7 nitrogen and oxygen atoms in total. The Bertz CT molecular complexity index is 690. The third kappa shape index (κ3) is 3.27. The molecule has 0 saturated carbocycles. The molecule has 21 heavy (non-hydrogen) atoms. The molecule has 0 fully saturated rings. The number of carbonyl (C=O) groups is 2. The topological polar surface area (TPSA) is 86.1 Å². The molecule has 0 amide bonds. The van der Waals surface area contributed by atoms with Crippen molar-refractivity contribution in [3.8, 4) is 0 Å². The van der Waals surface area contributed by atoms with Gasteiger partial charge in [0.15, 0.2) is 16.6 Å². The van der Waals surface area contributed by atoms with E-state index in [0.717, 1.165) is 22.6 Å². The molecule has 0 aliphatic rings. The van der Waals surface area contributed by atoms with Crippen molar-refractivity contribution in [3.05, 3.63) is 28.0 Å². The van der Waals surface area contributed by atoms with Crippen molar-refractivity contribution in [2.24, 2.45) is 7.05 Å². The highest BCUT2D eigenvalue weighted by atomic mass is 32.1. The van der Waals surface area contributed by atoms with Crippen LogP contribution in [0.15, 0.2) is 6.20 Å². The molecule has 1 N–H and O–H groups in total. The fraction of sp³-hybridized carbons (Fsp3) is 0.385. The lowest BCUT2D eigenvalue weighted by molar-refractivity contribution is 0.0591. The summed E-state index contributed by atoms with van der Waals surface area (Å²) in [6.07, 6.45) is 1.91. The fourth-order valence-electron chi connectivity index (χ4n) is 1.86. The van der Waals surface area contributed by atoms with Crippen molar-refractivity contribution in [1.82, 2.24) is 14.8 Å². The quantitative estimate of drug-likeness (QED) is 0.669. The van der Waals surface area contributed by atoms with Crippen LogP contribution in [0.4, 0.5) is 5.13 Å². The second kappa shape index (κ2) is 6.04. The molecule has 2 aromatic rings. The van der Waals surface area contributed by atoms with Gasteiger partial charge in [0.1, 0.15) is 4.88 Å². The zero-order chi connectivity index (χ0) is 15.6. The molecule has 2 rings (SSSR count). The summed E-state index contributed by atoms with van der Waals surface area (Å²) >= 11 is 1.14. The number of hydrogen-bond donors (Lipinski definition) is 1. The first-order valence-electron chi connectivity index (χ1n) is 6.25. The Kier molecular flexibility index (Phi) is 4.37. The van der Waals surface area contributed by atoms with E-state index in [-0.39, 0.29) is 11.5 Å². The Hall–Kier alpha value is -2.22. The maximum Gasteiger partial charge on any atom is 0.358 e. The lowest BCUT2D eigenvalue weighted by Gasteiger charge is -2.00. The maximum atomic E-state index is 11.6. The molecule has 0 aliphatic heterocycles. The maximum absolute atomic E-state index is 11.6. The van der Waals surface area contributed by atoms with Crippen LogP contribution < -0.4 is 5.32 Å². The van der Waals surface area contributed by atoms with E-state index >= 15 is 0 Å². The summed E-state index contributed by atoms with van der Waals surface area (Å²) in [7, 11) is 3.11. The lowest BCUT2D eigenvalue weighted by Crippen LogP contribution is -2.07. The molecule has 0 atom stereocenters. The average molecular weight is 308 g/mol. The predicted molar refractivity (Wildman–Crippen MR) is 78.7 cm³/mol. The predicted octanol–water partition coefficient (Wildman–Crippen LogP) is 1.79. The summed E-state index contributed by atoms with van der Waals surface area (Å²) in [6.45, 7) is 3.83. The molecule has 0 saturated heterocycles. The van der Waals surface area contributed by atoms with Gasteiger partial charge in [0, 0.05) is 32.3 Å². The number of nitrogens with one attached hydrogen (secondary N) is 1. The highest BCUT2D eigenvalue weighted by molar-refractivity contribution is 7.17. The minimum atomic E-state index is -0.609. The van der Waals surface area contributed by atoms with E-state index in [2.05, 4.69) is 20.1 Å². The van der Waals surface area contributed by atoms with E-state index < -0.39 is 5.97 Å². The van der Waals surface area contributed by atoms with Gasteiger partial charge in [-0.25, -0.2) is 9.78 Å². The summed E-state index contributed by atoms with van der Waals surface area (Å²) in [6, 6.07) is 0. The molecule has 2 heterocycles. The molecule has 0 aliphatic carbocycles. The highest BCUT2D eigenvalue weighted by Crippen LogP contribution is 2.25. The zero-order valence-corrected chi connectivity index (χ0v) is 13.1. The van der Waals surface area contributed by atoms with Crippen LogP contribution in [0.1, 0.15) is 38.3 Å². The molecule has 0 radical (unpaired) electrons. The van der Waals surface area contributed by atoms with Crippen LogP contribution >= 0.6 is 11.3 Å². The van der Waals surface area contributed by atoms with Crippen LogP contribution in [-0.2, 0) is 18.3 Å². The normalized spacial score (nSPS) is 10.5. The van der Waals surface area contributed by atoms with Crippen molar-refractivity contribution in [2.75, 3.05) is 12.4 Å². The molecule has 0 aromatic carbocycles. The molecule has 112 valence electrons. The van der Waals surface area contributed by atoms with Crippen LogP contribution in [0.25, 0.3) is 0 Å². The molecular weight excluding hydrogens is 292 g/mol. The summed E-state index contributed by atoms with van der Waals surface area (Å²) in [5.74, 6) is -0.819. The van der Waals surface area contributed by atoms with Crippen LogP contribution in [-0.4, -0.2) is 33.6 Å². The summed E-state index contributed by atoms with van der Waals surface area (Å²) < 4.78 is 6.37. The van der Waals surface area contributed by atoms with Gasteiger partial charge < -0.3 is 10.1 Å². The highest BCUT2D eigenvalue weighted by Gasteiger charge is 2.21. The largest absolute Gasteiger partial charge is 0.464 e. The van der Waals surface area contributed by atoms with Crippen LogP contribution in [0.3, 0.4) is 0 Å². The van der Waals surface area contributed by atoms with Gasteiger partial charge in [0.2, 0.25) is 0 Å². The number of rotatable bonds is 5. The van der Waals surface area contributed by atoms with Gasteiger partial charge in [-0.1, -0.05) is 11.3 Å². The number of hydrogen-bond acceptors (Lipinski definition) is 7. The molecule has 2 aromatic heterocycles. The second-order valence-corrected chi connectivity index (χ2v) is 5.51. The third-order valence-electron chi connectivity index (χ3n) is 2.87. The number of Topliss-reactive ketones (excluding diaryl/α,β-unsaturated/α-hetero) is 1. The molecular formula is C13H16N4O3S. The number of ether oxygens (including phenoxy) is 1. The number of methoxy groups -OCH3 is 1. The Labute approximate surface area is 125 Å². The van der Waals surface area contributed by atoms with Gasteiger partial charge in [0.05, 0.1) is 12.8 Å². The number of aromatic nitrogens is 3. The third-order valence-corrected chi connectivity index (χ3v) is 3.98. The first-order chi connectivity index (χ1) is 9.92. The molecule has 0 spiro atoms. The first kappa shape index (κ1) is 15.2. The van der Waals surface area contributed by atoms with E-state index in [1.807, 2.05) is 20.2 Å². The smallest absolute Gasteiger partial charge is 0.358 e. The summed E-state index contributed by atoms with van der Waals surface area (Å²) in [5.41, 5.74) is 2.00. The van der Waals surface area contributed by atoms with E-state index in [9.17, 15) is 9.59 Å². The molecule has 8 heteroatoms. The SMILES string of the molecule is COC(=O)c1nc(NCc2cn(C)nc2C)sc1C(C)=O. The Balaban J connectivity index is 2.19. The zero-order valence-electron chi connectivity index (χ0n) is 12.3. The van der Waals surface area contributed by atoms with E-state index in [1.54, 1.807) is 4.68 Å². The van der Waals surface area contributed by atoms with Gasteiger partial charge in [-0.05, 0) is 6.92 Å². The second-order valence-electron chi connectivity index (χ2n) is 4.51. The number of thiazole rings is 1. The lowest BCUT2D eigenvalue weighted by atomic mass is 10.3. The van der Waals surface area contributed by atoms with Gasteiger partial charge in [-0.15, -0.1) is 0 Å². The van der Waals surface area contributed by atoms with E-state index in [1.165, 1.54) is 14.0 Å². The van der Waals surface area contributed by atoms with Gasteiger partial charge in [0.25, 0.3) is 0 Å². The number of carbonyl (C=O) groups excluding carboxylic acids is 2. The van der Waals surface area contributed by atoms with Gasteiger partial charge in [-0.3, -0.25) is 9.48 Å². The van der Waals surface area contributed by atoms with Crippen molar-refractivity contribution in [3.63, 3.8) is 0 Å². The van der Waals surface area contributed by atoms with Gasteiger partial charge in [-0.2, -0.15) is 5.10 Å². The Morgan fingerprint density at radius 1 is 1.48 bits per heavy atom. The number of esters is 1. The van der Waals surface area contributed by atoms with Crippen molar-refractivity contribution in [2.45, 2.75) is 20.4 Å². The Morgan fingerprint density at radius 2 is 2.19 bits per heavy atom. The van der Waals surface area contributed by atoms with Crippen molar-refractivity contribution in [1.29, 1.82) is 0 Å². The van der Waals surface area contributed by atoms with Crippen molar-refractivity contribution < 1.29 is 14.3 Å². The van der Waals surface area contributed by atoms with Crippen LogP contribution in [0.2, 0.25) is 0 Å². The molecule has 0 unspecified atom stereocenters. The number of ketones is 1. The monoisotopic (exact) mass is 308 g/mol. The number of anilines is 1. The van der Waals surface area contributed by atoms with Gasteiger partial charge >= 0.3 is 5.97 Å².